The maximum absolute atomic E-state index is 13.1. The van der Waals surface area contributed by atoms with Gasteiger partial charge in [-0.15, -0.1) is 0 Å². The minimum atomic E-state index is -3.96. The van der Waals surface area contributed by atoms with E-state index < -0.39 is 51.0 Å². The summed E-state index contributed by atoms with van der Waals surface area (Å²) in [5.41, 5.74) is -1.31. The van der Waals surface area contributed by atoms with Gasteiger partial charge in [0, 0.05) is 12.3 Å². The van der Waals surface area contributed by atoms with Gasteiger partial charge >= 0.3 is 6.09 Å². The van der Waals surface area contributed by atoms with Gasteiger partial charge in [0.25, 0.3) is 6.43 Å². The van der Waals surface area contributed by atoms with Crippen molar-refractivity contribution in [2.75, 3.05) is 17.8 Å². The molecule has 0 aromatic carbocycles. The Hall–Kier alpha value is -1.88. The lowest BCUT2D eigenvalue weighted by molar-refractivity contribution is -0.0618. The van der Waals surface area contributed by atoms with E-state index in [1.807, 2.05) is 20.8 Å². The smallest absolute Gasteiger partial charge is 0.416 e. The molecule has 0 N–H and O–H groups in total. The summed E-state index contributed by atoms with van der Waals surface area (Å²) in [6, 6.07) is 0.220. The van der Waals surface area contributed by atoms with Gasteiger partial charge in [-0.05, 0) is 27.7 Å². The highest BCUT2D eigenvalue weighted by atomic mass is 32.2. The van der Waals surface area contributed by atoms with E-state index >= 15 is 0 Å². The normalized spacial score (nSPS) is 19.8. The van der Waals surface area contributed by atoms with Crippen LogP contribution >= 0.6 is 0 Å². The fourth-order valence-electron chi connectivity index (χ4n) is 2.51. The third kappa shape index (κ3) is 4.64. The highest BCUT2D eigenvalue weighted by Gasteiger charge is 2.41. The number of nitrogens with zero attached hydrogens (tertiary/aromatic N) is 3. The van der Waals surface area contributed by atoms with Crippen LogP contribution in [0.25, 0.3) is 0 Å². The lowest BCUT2D eigenvalue weighted by Gasteiger charge is -2.31. The van der Waals surface area contributed by atoms with Crippen LogP contribution in [0.4, 0.5) is 19.4 Å². The van der Waals surface area contributed by atoms with Gasteiger partial charge in [-0.25, -0.2) is 32.0 Å². The molecule has 0 spiro atoms. The van der Waals surface area contributed by atoms with E-state index in [1.165, 1.54) is 0 Å². The zero-order valence-electron chi connectivity index (χ0n) is 15.1. The molecule has 1 aliphatic rings. The standard InChI is InChI=1S/C15H21F2N3O5S/c1-8(25-15(2,3)4)10-7-24-14(21)20(10)11-6-9(12(16)17)18-13(19-11)26(5,22)23/h6,8,10,12H,7H2,1-5H3/t8-,10?/m1/s1. The van der Waals surface area contributed by atoms with Gasteiger partial charge in [0.1, 0.15) is 24.2 Å². The van der Waals surface area contributed by atoms with Gasteiger partial charge in [-0.1, -0.05) is 0 Å². The van der Waals surface area contributed by atoms with E-state index in [2.05, 4.69) is 9.97 Å². The molecule has 1 fully saturated rings. The maximum atomic E-state index is 13.1. The minimum absolute atomic E-state index is 0.0434. The number of aromatic nitrogens is 2. The molecule has 1 aromatic heterocycles. The molecule has 1 aromatic rings. The lowest BCUT2D eigenvalue weighted by atomic mass is 10.1. The number of rotatable bonds is 5. The number of anilines is 1. The van der Waals surface area contributed by atoms with Crippen molar-refractivity contribution in [2.45, 2.75) is 57.0 Å². The lowest BCUT2D eigenvalue weighted by Crippen LogP contribution is -2.45. The largest absolute Gasteiger partial charge is 0.447 e. The highest BCUT2D eigenvalue weighted by Crippen LogP contribution is 2.29. The average Bonchev–Trinajstić information content (AvgIpc) is 2.86. The number of hydrogen-bond acceptors (Lipinski definition) is 7. The van der Waals surface area contributed by atoms with E-state index in [9.17, 15) is 22.0 Å². The van der Waals surface area contributed by atoms with Crippen molar-refractivity contribution in [1.29, 1.82) is 0 Å². The maximum Gasteiger partial charge on any atom is 0.416 e. The van der Waals surface area contributed by atoms with E-state index in [4.69, 9.17) is 9.47 Å². The summed E-state index contributed by atoms with van der Waals surface area (Å²) in [5, 5.41) is -0.784. The molecule has 0 aliphatic carbocycles. The Bertz CT molecular complexity index is 795. The number of amides is 1. The number of carbonyl (C=O) groups is 1. The summed E-state index contributed by atoms with van der Waals surface area (Å²) in [6.45, 7) is 7.14. The Morgan fingerprint density at radius 1 is 1.35 bits per heavy atom. The van der Waals surface area contributed by atoms with Gasteiger partial charge in [-0.2, -0.15) is 0 Å². The van der Waals surface area contributed by atoms with E-state index in [-0.39, 0.29) is 12.4 Å². The molecule has 2 atom stereocenters. The number of hydrogen-bond donors (Lipinski definition) is 0. The van der Waals surface area contributed by atoms with Crippen molar-refractivity contribution in [3.8, 4) is 0 Å². The molecule has 1 aliphatic heterocycles. The third-order valence-electron chi connectivity index (χ3n) is 3.50. The first kappa shape index (κ1) is 20.4. The Balaban J connectivity index is 2.49. The summed E-state index contributed by atoms with van der Waals surface area (Å²) < 4.78 is 60.5. The first-order valence-corrected chi connectivity index (χ1v) is 9.70. The number of ether oxygens (including phenoxy) is 2. The van der Waals surface area contributed by atoms with Gasteiger partial charge < -0.3 is 9.47 Å². The van der Waals surface area contributed by atoms with Crippen LogP contribution < -0.4 is 4.90 Å². The van der Waals surface area contributed by atoms with Gasteiger partial charge in [0.2, 0.25) is 15.0 Å². The summed E-state index contributed by atoms with van der Waals surface area (Å²) in [5.74, 6) is -0.271. The Morgan fingerprint density at radius 2 is 1.96 bits per heavy atom. The highest BCUT2D eigenvalue weighted by molar-refractivity contribution is 7.90. The predicted molar refractivity (Wildman–Crippen MR) is 88.0 cm³/mol. The van der Waals surface area contributed by atoms with Gasteiger partial charge in [0.05, 0.1) is 11.7 Å². The number of halogens is 2. The SMILES string of the molecule is C[C@@H](OC(C)(C)C)C1COC(=O)N1c1cc(C(F)F)nc(S(C)(=O)=O)n1. The van der Waals surface area contributed by atoms with E-state index in [0.717, 1.165) is 17.2 Å². The molecular formula is C15H21F2N3O5S. The van der Waals surface area contributed by atoms with Crippen LogP contribution in [0, 0.1) is 0 Å². The van der Waals surface area contributed by atoms with E-state index in [0.29, 0.717) is 0 Å². The molecular weight excluding hydrogens is 372 g/mol. The molecule has 0 radical (unpaired) electrons. The quantitative estimate of drug-likeness (QED) is 0.708. The van der Waals surface area contributed by atoms with Gasteiger partial charge in [-0.3, -0.25) is 4.90 Å². The van der Waals surface area contributed by atoms with Crippen molar-refractivity contribution in [3.05, 3.63) is 11.8 Å². The summed E-state index contributed by atoms with van der Waals surface area (Å²) >= 11 is 0. The molecule has 0 saturated carbocycles. The molecule has 2 rings (SSSR count). The number of alkyl halides is 2. The van der Waals surface area contributed by atoms with Crippen LogP contribution in [-0.4, -0.2) is 55.1 Å². The fraction of sp³-hybridized carbons (Fsp3) is 0.667. The molecule has 1 amide bonds. The molecule has 146 valence electrons. The van der Waals surface area contributed by atoms with E-state index in [1.54, 1.807) is 6.92 Å². The zero-order valence-corrected chi connectivity index (χ0v) is 15.9. The second-order valence-corrected chi connectivity index (χ2v) is 8.87. The zero-order chi connectivity index (χ0) is 19.9. The Morgan fingerprint density at radius 3 is 2.46 bits per heavy atom. The molecule has 0 bridgehead atoms. The first-order valence-electron chi connectivity index (χ1n) is 7.80. The molecule has 2 heterocycles. The van der Waals surface area contributed by atoms with Crippen LogP contribution in [0.3, 0.4) is 0 Å². The monoisotopic (exact) mass is 393 g/mol. The van der Waals surface area contributed by atoms with Crippen molar-refractivity contribution in [2.24, 2.45) is 0 Å². The first-order chi connectivity index (χ1) is 11.8. The number of cyclic esters (lactones) is 1. The van der Waals surface area contributed by atoms with Crippen molar-refractivity contribution < 1.29 is 31.5 Å². The van der Waals surface area contributed by atoms with Crippen molar-refractivity contribution in [1.82, 2.24) is 9.97 Å². The molecule has 11 heteroatoms. The summed E-state index contributed by atoms with van der Waals surface area (Å²) in [4.78, 5) is 20.3. The van der Waals surface area contributed by atoms with Crippen molar-refractivity contribution in [3.63, 3.8) is 0 Å². The molecule has 1 saturated heterocycles. The molecule has 8 nitrogen and oxygen atoms in total. The third-order valence-corrected chi connectivity index (χ3v) is 4.35. The van der Waals surface area contributed by atoms with Crippen LogP contribution in [0.1, 0.15) is 39.8 Å². The Kier molecular flexibility index (Phi) is 5.52. The number of carbonyl (C=O) groups excluding carboxylic acids is 1. The van der Waals surface area contributed by atoms with Crippen molar-refractivity contribution >= 4 is 21.7 Å². The number of sulfone groups is 1. The average molecular weight is 393 g/mol. The van der Waals surface area contributed by atoms with Crippen LogP contribution in [0.15, 0.2) is 11.2 Å². The second-order valence-electron chi connectivity index (χ2n) is 6.96. The predicted octanol–water partition coefficient (Wildman–Crippen LogP) is 2.35. The Labute approximate surface area is 150 Å². The van der Waals surface area contributed by atoms with Crippen LogP contribution in [-0.2, 0) is 19.3 Å². The topological polar surface area (TPSA) is 98.7 Å². The van der Waals surface area contributed by atoms with Crippen LogP contribution in [0.2, 0.25) is 0 Å². The second kappa shape index (κ2) is 7.03. The fourth-order valence-corrected chi connectivity index (χ4v) is 3.04. The molecule has 1 unspecified atom stereocenters. The van der Waals surface area contributed by atoms with Gasteiger partial charge in [0.15, 0.2) is 0 Å². The van der Waals surface area contributed by atoms with Crippen LogP contribution in [0.5, 0.6) is 0 Å². The summed E-state index contributed by atoms with van der Waals surface area (Å²) in [6.07, 6.45) is -3.57. The minimum Gasteiger partial charge on any atom is -0.447 e. The summed E-state index contributed by atoms with van der Waals surface area (Å²) in [7, 11) is -3.96. The molecule has 26 heavy (non-hydrogen) atoms.